The lowest BCUT2D eigenvalue weighted by Gasteiger charge is -2.18. The summed E-state index contributed by atoms with van der Waals surface area (Å²) in [5.41, 5.74) is 33.3. The van der Waals surface area contributed by atoms with Gasteiger partial charge in [-0.2, -0.15) is 0 Å². The van der Waals surface area contributed by atoms with Gasteiger partial charge in [0.15, 0.2) is 0 Å². The highest BCUT2D eigenvalue weighted by molar-refractivity contribution is 6.89. The van der Waals surface area contributed by atoms with Gasteiger partial charge in [-0.25, -0.2) is 0 Å². The number of hydrogen-bond donors (Lipinski definition) is 0. The standard InChI is InChI=1S/C54H46Si2.C52H30.C40H26/c1-55(2,3)41-25-29-47-39(33-41)21-19-35-31-37(23-27-45(35)47)43-11-7-15-51-49(43)13-9-17-53(51)54-18-10-14-50-44(12-8-16-52(50)54)38-24-28-46-36(32-38)20-22-40-34-42(56(4,5)6)26-30-48(40)46;1-3-9-43-41(7-1)47-13-5-11-45-39(23-25-49(43)51(45)47)35-21-17-31-15-19-33(27-37(31)29-35)34-20-16-32-18-22-36(30-38(32)28-34)40-24-26-50-44-10-4-2-8-42(44)48-14-6-12-46(40)52(48)50;1-3-11-29-25-31(19-17-27(29)9-1)33-21-23-39(37-15-7-5-13-35(33)37)40-24-22-34(36-14-6-8-16-38(36)40)32-20-18-28-10-2-4-12-30(28)26-32/h7-34H,1-6H3;1-30H;1-26H. The molecule has 0 aromatic heterocycles. The number of rotatable bonds is 11. The second-order valence-electron chi connectivity index (χ2n) is 42.7. The van der Waals surface area contributed by atoms with Crippen molar-refractivity contribution < 1.29 is 0 Å². The van der Waals surface area contributed by atoms with Crippen LogP contribution in [0.4, 0.5) is 0 Å². The van der Waals surface area contributed by atoms with Gasteiger partial charge in [0.05, 0.1) is 16.1 Å². The first-order chi connectivity index (χ1) is 72.6. The summed E-state index contributed by atoms with van der Waals surface area (Å²) in [7, 11) is -2.76. The van der Waals surface area contributed by atoms with E-state index in [1.54, 1.807) is 0 Å². The van der Waals surface area contributed by atoms with Crippen molar-refractivity contribution in [3.8, 4) is 145 Å². The predicted octanol–water partition coefficient (Wildman–Crippen LogP) is 40.6. The van der Waals surface area contributed by atoms with Crippen molar-refractivity contribution in [2.45, 2.75) is 39.3 Å². The topological polar surface area (TPSA) is 0 Å². The Kier molecular flexibility index (Phi) is 20.8. The van der Waals surface area contributed by atoms with Gasteiger partial charge in [0.1, 0.15) is 0 Å². The molecule has 0 saturated carbocycles. The minimum absolute atomic E-state index is 1.23. The van der Waals surface area contributed by atoms with Crippen LogP contribution < -0.4 is 10.4 Å². The molecule has 0 bridgehead atoms. The number of fused-ring (bicyclic) bond motifs is 20. The number of benzene rings is 28. The molecule has 694 valence electrons. The minimum atomic E-state index is -1.38. The van der Waals surface area contributed by atoms with E-state index in [0.717, 1.165) is 0 Å². The van der Waals surface area contributed by atoms with Crippen LogP contribution in [-0.2, 0) is 0 Å². The third kappa shape index (κ3) is 15.0. The van der Waals surface area contributed by atoms with E-state index in [4.69, 9.17) is 0 Å². The molecule has 0 amide bonds. The Balaban J connectivity index is 0.000000108. The smallest absolute Gasteiger partial charge is 0.0656 e. The highest BCUT2D eigenvalue weighted by atomic mass is 28.3. The molecular weight excluding hydrogens is 1810 g/mol. The monoisotopic (exact) mass is 1910 g/mol. The second-order valence-corrected chi connectivity index (χ2v) is 52.9. The summed E-state index contributed by atoms with van der Waals surface area (Å²) in [5, 5.41) is 39.2. The van der Waals surface area contributed by atoms with E-state index in [2.05, 4.69) is 549 Å². The van der Waals surface area contributed by atoms with Crippen LogP contribution in [0.2, 0.25) is 39.3 Å². The maximum absolute atomic E-state index is 2.42. The highest BCUT2D eigenvalue weighted by Crippen LogP contribution is 2.54. The van der Waals surface area contributed by atoms with Crippen molar-refractivity contribution in [1.29, 1.82) is 0 Å². The van der Waals surface area contributed by atoms with Crippen molar-refractivity contribution in [3.05, 3.63) is 510 Å². The van der Waals surface area contributed by atoms with Crippen LogP contribution in [0, 0.1) is 0 Å². The minimum Gasteiger partial charge on any atom is -0.0656 e. The van der Waals surface area contributed by atoms with Crippen molar-refractivity contribution in [2.24, 2.45) is 0 Å². The summed E-state index contributed by atoms with van der Waals surface area (Å²) in [4.78, 5) is 0. The largest absolute Gasteiger partial charge is 0.0776 e. The molecule has 2 heteroatoms. The predicted molar refractivity (Wildman–Crippen MR) is 648 cm³/mol. The Morgan fingerprint density at radius 1 is 0.101 bits per heavy atom. The molecule has 0 atom stereocenters. The van der Waals surface area contributed by atoms with E-state index >= 15 is 0 Å². The molecule has 0 fully saturated rings. The molecule has 28 aromatic carbocycles. The molecule has 0 N–H and O–H groups in total. The second kappa shape index (κ2) is 35.0. The Morgan fingerprint density at radius 2 is 0.291 bits per heavy atom. The van der Waals surface area contributed by atoms with Crippen LogP contribution in [0.5, 0.6) is 0 Å². The maximum atomic E-state index is 2.42. The van der Waals surface area contributed by atoms with Crippen LogP contribution in [0.3, 0.4) is 0 Å². The van der Waals surface area contributed by atoms with Crippen molar-refractivity contribution in [1.82, 2.24) is 0 Å². The van der Waals surface area contributed by atoms with E-state index in [1.165, 1.54) is 306 Å². The molecule has 2 aliphatic carbocycles. The van der Waals surface area contributed by atoms with Gasteiger partial charge in [0.25, 0.3) is 0 Å². The molecule has 0 spiro atoms. The van der Waals surface area contributed by atoms with Gasteiger partial charge in [0, 0.05) is 0 Å². The SMILES string of the molecule is C[Si](C)(C)c1ccc2c(ccc3cc(-c4cccc5c(-c6cccc7c(-c8ccc9c(ccc%10cc([Si](C)(C)C)ccc%109)c8)cccc67)cccc45)ccc32)c1.c1ccc2c(c1)-c1cccc3c(-c4ccc5ccc(-c6ccc7ccc(-c8ccc9c%10c(cccc8%10)-c8ccccc8-9)cc7c6)cc5c4)ccc-2c13.c1ccc2cc(-c3ccc(-c4ccc(-c5ccc6ccccc6c5)c5ccccc45)c4ccccc34)ccc2c1. The third-order valence-corrected chi connectivity index (χ3v) is 36.2. The van der Waals surface area contributed by atoms with Gasteiger partial charge in [-0.15, -0.1) is 0 Å². The zero-order valence-electron chi connectivity index (χ0n) is 83.5. The normalized spacial score (nSPS) is 12.1. The Labute approximate surface area is 864 Å². The fourth-order valence-corrected chi connectivity index (χ4v) is 26.9. The molecule has 148 heavy (non-hydrogen) atoms. The Morgan fingerprint density at radius 3 is 0.635 bits per heavy atom. The molecular formula is C146H102Si2. The zero-order chi connectivity index (χ0) is 98.7. The van der Waals surface area contributed by atoms with E-state index in [9.17, 15) is 0 Å². The highest BCUT2D eigenvalue weighted by Gasteiger charge is 2.28. The van der Waals surface area contributed by atoms with Gasteiger partial charge in [-0.1, -0.05) is 511 Å². The van der Waals surface area contributed by atoms with Gasteiger partial charge in [-0.05, 0) is 344 Å². The van der Waals surface area contributed by atoms with Crippen LogP contribution in [-0.4, -0.2) is 16.1 Å². The molecule has 30 rings (SSSR count). The summed E-state index contributed by atoms with van der Waals surface area (Å²) in [5.74, 6) is 0. The van der Waals surface area contributed by atoms with Crippen LogP contribution in [0.25, 0.3) is 295 Å². The summed E-state index contributed by atoms with van der Waals surface area (Å²) in [6.07, 6.45) is 0. The van der Waals surface area contributed by atoms with E-state index in [0.29, 0.717) is 0 Å². The van der Waals surface area contributed by atoms with E-state index in [-0.39, 0.29) is 0 Å². The zero-order valence-corrected chi connectivity index (χ0v) is 85.5. The fraction of sp³-hybridized carbons (Fsp3) is 0.0411. The molecule has 28 aromatic rings. The van der Waals surface area contributed by atoms with Crippen molar-refractivity contribution >= 4 is 177 Å². The van der Waals surface area contributed by atoms with Gasteiger partial charge < -0.3 is 0 Å². The Hall–Kier alpha value is -17.8. The molecule has 0 unspecified atom stereocenters. The van der Waals surface area contributed by atoms with E-state index < -0.39 is 16.1 Å². The van der Waals surface area contributed by atoms with Crippen LogP contribution in [0.1, 0.15) is 0 Å². The van der Waals surface area contributed by atoms with Gasteiger partial charge >= 0.3 is 0 Å². The quantitative estimate of drug-likeness (QED) is 0.0894. The molecule has 0 saturated heterocycles. The first-order valence-electron chi connectivity index (χ1n) is 52.0. The van der Waals surface area contributed by atoms with E-state index in [1.807, 2.05) is 0 Å². The lowest BCUT2D eigenvalue weighted by atomic mass is 9.87. The molecule has 0 nitrogen and oxygen atoms in total. The Bertz CT molecular complexity index is 9820. The van der Waals surface area contributed by atoms with Crippen LogP contribution >= 0.6 is 0 Å². The van der Waals surface area contributed by atoms with Crippen molar-refractivity contribution in [2.75, 3.05) is 0 Å². The number of hydrogen-bond acceptors (Lipinski definition) is 0. The van der Waals surface area contributed by atoms with Crippen molar-refractivity contribution in [3.63, 3.8) is 0 Å². The third-order valence-electron chi connectivity index (χ3n) is 32.2. The molecule has 0 radical (unpaired) electrons. The van der Waals surface area contributed by atoms with Gasteiger partial charge in [-0.3, -0.25) is 0 Å². The molecule has 0 aliphatic heterocycles. The summed E-state index contributed by atoms with van der Waals surface area (Å²) in [6.45, 7) is 14.5. The lowest BCUT2D eigenvalue weighted by molar-refractivity contribution is 1.64. The molecule has 2 aliphatic rings. The first-order valence-corrected chi connectivity index (χ1v) is 59.0. The summed E-state index contributed by atoms with van der Waals surface area (Å²) in [6, 6.07) is 190. The maximum Gasteiger partial charge on any atom is 0.0776 e. The average molecular weight is 1910 g/mol. The lowest BCUT2D eigenvalue weighted by Crippen LogP contribution is -2.37. The van der Waals surface area contributed by atoms with Crippen LogP contribution in [0.15, 0.2) is 510 Å². The fourth-order valence-electron chi connectivity index (χ4n) is 24.6. The summed E-state index contributed by atoms with van der Waals surface area (Å²) >= 11 is 0. The molecule has 0 heterocycles. The van der Waals surface area contributed by atoms with Gasteiger partial charge in [0.2, 0.25) is 0 Å². The first kappa shape index (κ1) is 88.0. The average Bonchev–Trinajstić information content (AvgIpc) is 1.47. The summed E-state index contributed by atoms with van der Waals surface area (Å²) < 4.78 is 0.